The van der Waals surface area contributed by atoms with E-state index in [9.17, 15) is 0 Å². The second-order valence-electron chi connectivity index (χ2n) is 6.03. The molecule has 2 nitrogen and oxygen atoms in total. The van der Waals surface area contributed by atoms with Gasteiger partial charge in [0.25, 0.3) is 0 Å². The second kappa shape index (κ2) is 6.00. The third kappa shape index (κ3) is 3.34. The number of thiophene rings is 1. The van der Waals surface area contributed by atoms with Crippen LogP contribution in [0.15, 0.2) is 6.07 Å². The van der Waals surface area contributed by atoms with E-state index in [-0.39, 0.29) is 0 Å². The highest BCUT2D eigenvalue weighted by Crippen LogP contribution is 2.36. The van der Waals surface area contributed by atoms with Gasteiger partial charge in [0.15, 0.2) is 0 Å². The van der Waals surface area contributed by atoms with Crippen LogP contribution < -0.4 is 5.32 Å². The van der Waals surface area contributed by atoms with E-state index in [1.807, 2.05) is 11.3 Å². The minimum Gasteiger partial charge on any atom is -0.308 e. The van der Waals surface area contributed by atoms with Crippen LogP contribution in [0.3, 0.4) is 0 Å². The van der Waals surface area contributed by atoms with E-state index in [1.165, 1.54) is 35.0 Å². The van der Waals surface area contributed by atoms with E-state index < -0.39 is 0 Å². The maximum Gasteiger partial charge on any atom is 0.0659 e. The smallest absolute Gasteiger partial charge is 0.0659 e. The topological polar surface area (TPSA) is 15.3 Å². The quantitative estimate of drug-likeness (QED) is 0.770. The van der Waals surface area contributed by atoms with Gasteiger partial charge in [0.2, 0.25) is 0 Å². The van der Waals surface area contributed by atoms with Crippen molar-refractivity contribution >= 4 is 33.9 Å². The third-order valence-corrected chi connectivity index (χ3v) is 6.53. The summed E-state index contributed by atoms with van der Waals surface area (Å²) in [6, 6.07) is 4.50. The Labute approximate surface area is 134 Å². The number of halogens is 1. The first kappa shape index (κ1) is 14.3. The van der Waals surface area contributed by atoms with Crippen LogP contribution in [0.25, 0.3) is 0 Å². The van der Waals surface area contributed by atoms with Gasteiger partial charge in [0.1, 0.15) is 0 Å². The number of nitrogens with zero attached hydrogens (tertiary/aromatic N) is 1. The monoisotopic (exact) mass is 390 g/mol. The minimum absolute atomic E-state index is 0.596. The van der Waals surface area contributed by atoms with Gasteiger partial charge in [-0.1, -0.05) is 0 Å². The molecule has 0 spiro atoms. The highest BCUT2D eigenvalue weighted by atomic mass is 127. The molecule has 0 aromatic carbocycles. The normalized spacial score (nSPS) is 24.5. The van der Waals surface area contributed by atoms with Crippen molar-refractivity contribution in [3.63, 3.8) is 0 Å². The van der Waals surface area contributed by atoms with Crippen LogP contribution in [-0.2, 0) is 6.42 Å². The lowest BCUT2D eigenvalue weighted by atomic mass is 9.94. The lowest BCUT2D eigenvalue weighted by Gasteiger charge is -2.29. The summed E-state index contributed by atoms with van der Waals surface area (Å²) in [4.78, 5) is 4.17. The van der Waals surface area contributed by atoms with Crippen LogP contribution in [0.5, 0.6) is 0 Å². The van der Waals surface area contributed by atoms with Crippen LogP contribution in [0, 0.1) is 2.88 Å². The van der Waals surface area contributed by atoms with Gasteiger partial charge in [-0.25, -0.2) is 0 Å². The molecule has 1 saturated carbocycles. The minimum atomic E-state index is 0.596. The first-order valence-corrected chi connectivity index (χ1v) is 9.28. The van der Waals surface area contributed by atoms with E-state index in [1.54, 1.807) is 10.4 Å². The number of rotatable bonds is 5. The Kier molecular flexibility index (Phi) is 4.51. The molecule has 19 heavy (non-hydrogen) atoms. The van der Waals surface area contributed by atoms with Crippen molar-refractivity contribution in [3.8, 4) is 0 Å². The highest BCUT2D eigenvalue weighted by molar-refractivity contribution is 14.1. The number of aryl methyl sites for hydroxylation is 1. The lowest BCUT2D eigenvalue weighted by molar-refractivity contribution is 0.233. The summed E-state index contributed by atoms with van der Waals surface area (Å²) in [6.07, 6.45) is 6.74. The average Bonchev–Trinajstić information content (AvgIpc) is 3.16. The van der Waals surface area contributed by atoms with E-state index >= 15 is 0 Å². The fourth-order valence-corrected chi connectivity index (χ4v) is 5.15. The number of nitrogens with one attached hydrogen (secondary N) is 1. The molecule has 2 atom stereocenters. The molecule has 2 unspecified atom stereocenters. The molecule has 1 N–H and O–H groups in total. The molecule has 2 aliphatic rings. The summed E-state index contributed by atoms with van der Waals surface area (Å²) >= 11 is 4.45. The van der Waals surface area contributed by atoms with Crippen LogP contribution in [0.1, 0.15) is 49.1 Å². The van der Waals surface area contributed by atoms with Gasteiger partial charge in [0.05, 0.1) is 2.88 Å². The van der Waals surface area contributed by atoms with E-state index in [2.05, 4.69) is 52.8 Å². The molecule has 106 valence electrons. The molecule has 0 aliphatic heterocycles. The Morgan fingerprint density at radius 1 is 1.47 bits per heavy atom. The molecule has 1 heterocycles. The summed E-state index contributed by atoms with van der Waals surface area (Å²) < 4.78 is 1.44. The number of hydrogen-bond acceptors (Lipinski definition) is 3. The predicted octanol–water partition coefficient (Wildman–Crippen LogP) is 3.80. The van der Waals surface area contributed by atoms with Gasteiger partial charge in [-0.05, 0) is 80.3 Å². The molecule has 0 radical (unpaired) electrons. The molecular formula is C15H23IN2S. The molecule has 0 amide bonds. The maximum absolute atomic E-state index is 3.82. The fourth-order valence-electron chi connectivity index (χ4n) is 3.03. The van der Waals surface area contributed by atoms with Crippen molar-refractivity contribution < 1.29 is 0 Å². The Morgan fingerprint density at radius 2 is 2.26 bits per heavy atom. The maximum atomic E-state index is 3.82. The summed E-state index contributed by atoms with van der Waals surface area (Å²) in [5.41, 5.74) is 1.59. The standard InChI is InChI=1S/C15H23IN2S/c1-10(18(2)11-6-7-11)9-17-13-4-3-5-14-12(13)8-15(16)19-14/h8,10-11,13,17H,3-7,9H2,1-2H3. The molecule has 0 bridgehead atoms. The van der Waals surface area contributed by atoms with Crippen LogP contribution >= 0.6 is 33.9 Å². The van der Waals surface area contributed by atoms with Gasteiger partial charge in [-0.2, -0.15) is 0 Å². The van der Waals surface area contributed by atoms with Gasteiger partial charge < -0.3 is 5.32 Å². The van der Waals surface area contributed by atoms with Crippen molar-refractivity contribution in [1.29, 1.82) is 0 Å². The summed E-state index contributed by atoms with van der Waals surface area (Å²) in [7, 11) is 2.28. The molecule has 0 saturated heterocycles. The predicted molar refractivity (Wildman–Crippen MR) is 91.0 cm³/mol. The second-order valence-corrected chi connectivity index (χ2v) is 9.06. The van der Waals surface area contributed by atoms with Crippen molar-refractivity contribution in [2.45, 2.75) is 57.2 Å². The van der Waals surface area contributed by atoms with Gasteiger partial charge in [-0.3, -0.25) is 4.90 Å². The zero-order chi connectivity index (χ0) is 13.4. The van der Waals surface area contributed by atoms with Crippen molar-refractivity contribution in [3.05, 3.63) is 19.4 Å². The summed E-state index contributed by atoms with van der Waals surface area (Å²) in [5.74, 6) is 0. The Morgan fingerprint density at radius 3 is 3.00 bits per heavy atom. The Bertz CT molecular complexity index is 441. The molecule has 4 heteroatoms. The highest BCUT2D eigenvalue weighted by Gasteiger charge is 2.29. The fraction of sp³-hybridized carbons (Fsp3) is 0.733. The Hall–Kier alpha value is 0.350. The molecule has 3 rings (SSSR count). The van der Waals surface area contributed by atoms with E-state index in [4.69, 9.17) is 0 Å². The first-order valence-electron chi connectivity index (χ1n) is 7.38. The molecule has 1 aromatic heterocycles. The van der Waals surface area contributed by atoms with Crippen LogP contribution in [0.4, 0.5) is 0 Å². The average molecular weight is 390 g/mol. The largest absolute Gasteiger partial charge is 0.308 e. The number of likely N-dealkylation sites (N-methyl/N-ethyl adjacent to an activating group) is 1. The summed E-state index contributed by atoms with van der Waals surface area (Å²) in [6.45, 7) is 3.47. The number of fused-ring (bicyclic) bond motifs is 1. The Balaban J connectivity index is 1.58. The van der Waals surface area contributed by atoms with Gasteiger partial charge in [-0.15, -0.1) is 11.3 Å². The van der Waals surface area contributed by atoms with Crippen molar-refractivity contribution in [2.24, 2.45) is 0 Å². The first-order chi connectivity index (χ1) is 9.15. The van der Waals surface area contributed by atoms with Crippen molar-refractivity contribution in [1.82, 2.24) is 10.2 Å². The molecule has 1 aromatic rings. The summed E-state index contributed by atoms with van der Waals surface area (Å²) in [5, 5.41) is 3.82. The van der Waals surface area contributed by atoms with Crippen LogP contribution in [0.2, 0.25) is 0 Å². The van der Waals surface area contributed by atoms with Gasteiger partial charge in [0, 0.05) is 29.5 Å². The van der Waals surface area contributed by atoms with E-state index in [0.29, 0.717) is 12.1 Å². The van der Waals surface area contributed by atoms with Crippen molar-refractivity contribution in [2.75, 3.05) is 13.6 Å². The molecular weight excluding hydrogens is 367 g/mol. The number of hydrogen-bond donors (Lipinski definition) is 1. The molecule has 1 fully saturated rings. The zero-order valence-electron chi connectivity index (χ0n) is 11.8. The zero-order valence-corrected chi connectivity index (χ0v) is 14.8. The third-order valence-electron chi connectivity index (χ3n) is 4.56. The lowest BCUT2D eigenvalue weighted by Crippen LogP contribution is -2.40. The van der Waals surface area contributed by atoms with Gasteiger partial charge >= 0.3 is 0 Å². The SMILES string of the molecule is CC(CNC1CCCc2sc(I)cc21)N(C)C1CC1. The van der Waals surface area contributed by atoms with Crippen LogP contribution in [-0.4, -0.2) is 30.6 Å². The molecule has 2 aliphatic carbocycles. The van der Waals surface area contributed by atoms with E-state index in [0.717, 1.165) is 12.6 Å².